The summed E-state index contributed by atoms with van der Waals surface area (Å²) >= 11 is 0. The van der Waals surface area contributed by atoms with Crippen molar-refractivity contribution >= 4 is 11.9 Å². The summed E-state index contributed by atoms with van der Waals surface area (Å²) in [6, 6.07) is 23.4. The van der Waals surface area contributed by atoms with Crippen LogP contribution >= 0.6 is 0 Å². The Hall–Kier alpha value is -4.52. The number of esters is 2. The van der Waals surface area contributed by atoms with Crippen LogP contribution in [0.4, 0.5) is 0 Å². The fourth-order valence-electron chi connectivity index (χ4n) is 5.27. The second-order valence-corrected chi connectivity index (χ2v) is 9.41. The highest BCUT2D eigenvalue weighted by molar-refractivity contribution is 6.00. The smallest absolute Gasteiger partial charge is 0.337 e. The molecule has 5 rings (SSSR count). The fraction of sp³-hybridized carbons (Fsp3) is 0.250. The van der Waals surface area contributed by atoms with E-state index < -0.39 is 24.0 Å². The minimum absolute atomic E-state index is 0.229. The van der Waals surface area contributed by atoms with Crippen LogP contribution in [0.15, 0.2) is 95.3 Å². The summed E-state index contributed by atoms with van der Waals surface area (Å²) in [4.78, 5) is 26.8. The third kappa shape index (κ3) is 5.00. The second-order valence-electron chi connectivity index (χ2n) is 9.41. The molecule has 0 saturated carbocycles. The Labute approximate surface area is 228 Å². The molecule has 0 radical (unpaired) electrons. The zero-order valence-electron chi connectivity index (χ0n) is 22.4. The minimum Gasteiger partial charge on any atom is -0.493 e. The van der Waals surface area contributed by atoms with Crippen LogP contribution in [-0.2, 0) is 19.1 Å². The molecule has 7 nitrogen and oxygen atoms in total. The van der Waals surface area contributed by atoms with Crippen LogP contribution in [0, 0.1) is 0 Å². The average Bonchev–Trinajstić information content (AvgIpc) is 2.96. The number of cyclic esters (lactones) is 1. The van der Waals surface area contributed by atoms with E-state index in [1.165, 1.54) is 0 Å². The molecule has 0 bridgehead atoms. The molecule has 0 aliphatic carbocycles. The standard InChI is InChI=1S/C32H31NO6/c1-5-38-31(34)28-19(2)33-24-18-26(23-15-16-25(36-3)27(17-23)37-4)39-32(35)30(24)29(28)22-13-11-21(12-14-22)20-9-7-6-8-10-20/h6-17,26,29,33H,5,18H2,1-4H3. The lowest BCUT2D eigenvalue weighted by molar-refractivity contribution is -0.146. The van der Waals surface area contributed by atoms with E-state index in [4.69, 9.17) is 18.9 Å². The van der Waals surface area contributed by atoms with Gasteiger partial charge in [0.05, 0.1) is 37.9 Å². The van der Waals surface area contributed by atoms with Gasteiger partial charge in [0, 0.05) is 17.8 Å². The molecule has 2 atom stereocenters. The number of nitrogens with one attached hydrogen (secondary N) is 1. The van der Waals surface area contributed by atoms with Crippen LogP contribution in [0.1, 0.15) is 43.4 Å². The Morgan fingerprint density at radius 1 is 0.923 bits per heavy atom. The Kier molecular flexibility index (Phi) is 7.41. The number of allylic oxidation sites excluding steroid dienone is 1. The number of methoxy groups -OCH3 is 2. The average molecular weight is 526 g/mol. The Morgan fingerprint density at radius 3 is 2.26 bits per heavy atom. The van der Waals surface area contributed by atoms with E-state index in [0.717, 1.165) is 28.0 Å². The van der Waals surface area contributed by atoms with Gasteiger partial charge in [0.1, 0.15) is 6.10 Å². The zero-order chi connectivity index (χ0) is 27.5. The molecule has 3 aromatic carbocycles. The van der Waals surface area contributed by atoms with E-state index >= 15 is 0 Å². The third-order valence-corrected chi connectivity index (χ3v) is 7.13. The number of dihydropyridines is 1. The third-order valence-electron chi connectivity index (χ3n) is 7.13. The molecule has 2 unspecified atom stereocenters. The van der Waals surface area contributed by atoms with Crippen LogP contribution in [-0.4, -0.2) is 32.8 Å². The van der Waals surface area contributed by atoms with Gasteiger partial charge in [0.2, 0.25) is 0 Å². The quantitative estimate of drug-likeness (QED) is 0.388. The number of carbonyl (C=O) groups is 2. The fourth-order valence-corrected chi connectivity index (χ4v) is 5.27. The molecule has 200 valence electrons. The van der Waals surface area contributed by atoms with Gasteiger partial charge in [0.15, 0.2) is 11.5 Å². The van der Waals surface area contributed by atoms with E-state index in [1.807, 2.05) is 73.7 Å². The molecule has 3 aromatic rings. The van der Waals surface area contributed by atoms with E-state index in [-0.39, 0.29) is 6.61 Å². The van der Waals surface area contributed by atoms with Crippen molar-refractivity contribution in [3.63, 3.8) is 0 Å². The molecule has 0 amide bonds. The van der Waals surface area contributed by atoms with Crippen LogP contribution in [0.5, 0.6) is 11.5 Å². The van der Waals surface area contributed by atoms with Gasteiger partial charge in [-0.1, -0.05) is 60.7 Å². The van der Waals surface area contributed by atoms with Crippen molar-refractivity contribution in [3.8, 4) is 22.6 Å². The van der Waals surface area contributed by atoms with E-state index in [9.17, 15) is 9.59 Å². The molecule has 0 spiro atoms. The SMILES string of the molecule is CCOC(=O)C1=C(C)NC2=C(C(=O)OC(c3ccc(OC)c(OC)c3)C2)C1c1ccc(-c2ccccc2)cc1. The highest BCUT2D eigenvalue weighted by atomic mass is 16.5. The minimum atomic E-state index is -0.621. The van der Waals surface area contributed by atoms with Crippen LogP contribution < -0.4 is 14.8 Å². The van der Waals surface area contributed by atoms with Crippen molar-refractivity contribution in [1.29, 1.82) is 0 Å². The van der Waals surface area contributed by atoms with Gasteiger partial charge in [-0.05, 0) is 48.2 Å². The Balaban J connectivity index is 1.55. The molecule has 7 heteroatoms. The molecule has 2 aliphatic rings. The molecule has 0 aromatic heterocycles. The maximum absolute atomic E-state index is 13.6. The van der Waals surface area contributed by atoms with Crippen molar-refractivity contribution in [2.45, 2.75) is 32.3 Å². The number of hydrogen-bond acceptors (Lipinski definition) is 7. The monoisotopic (exact) mass is 525 g/mol. The Bertz CT molecular complexity index is 1460. The topological polar surface area (TPSA) is 83.1 Å². The number of ether oxygens (including phenoxy) is 4. The van der Waals surface area contributed by atoms with Gasteiger partial charge in [0.25, 0.3) is 0 Å². The van der Waals surface area contributed by atoms with E-state index in [0.29, 0.717) is 34.8 Å². The second kappa shape index (κ2) is 11.1. The summed E-state index contributed by atoms with van der Waals surface area (Å²) < 4.78 is 22.2. The molecule has 2 heterocycles. The first-order chi connectivity index (χ1) is 18.9. The predicted octanol–water partition coefficient (Wildman–Crippen LogP) is 5.84. The first-order valence-corrected chi connectivity index (χ1v) is 12.9. The number of carbonyl (C=O) groups excluding carboxylic acids is 2. The predicted molar refractivity (Wildman–Crippen MR) is 147 cm³/mol. The number of benzene rings is 3. The summed E-state index contributed by atoms with van der Waals surface area (Å²) in [6.45, 7) is 3.83. The van der Waals surface area contributed by atoms with Crippen molar-refractivity contribution < 1.29 is 28.5 Å². The van der Waals surface area contributed by atoms with Gasteiger partial charge < -0.3 is 24.3 Å². The summed E-state index contributed by atoms with van der Waals surface area (Å²) in [5.41, 5.74) is 5.95. The molecule has 2 aliphatic heterocycles. The Morgan fingerprint density at radius 2 is 1.59 bits per heavy atom. The number of hydrogen-bond donors (Lipinski definition) is 1. The van der Waals surface area contributed by atoms with Gasteiger partial charge in [-0.25, -0.2) is 9.59 Å². The lowest BCUT2D eigenvalue weighted by Gasteiger charge is -2.36. The highest BCUT2D eigenvalue weighted by Gasteiger charge is 2.42. The van der Waals surface area contributed by atoms with Crippen LogP contribution in [0.3, 0.4) is 0 Å². The van der Waals surface area contributed by atoms with Gasteiger partial charge in [-0.15, -0.1) is 0 Å². The van der Waals surface area contributed by atoms with Crippen molar-refractivity contribution in [1.82, 2.24) is 5.32 Å². The normalized spacial score (nSPS) is 18.6. The molecule has 1 N–H and O–H groups in total. The maximum atomic E-state index is 13.6. The first kappa shape index (κ1) is 26.1. The lowest BCUT2D eigenvalue weighted by Crippen LogP contribution is -2.37. The molecular weight excluding hydrogens is 494 g/mol. The van der Waals surface area contributed by atoms with Crippen molar-refractivity contribution in [3.05, 3.63) is 106 Å². The number of rotatable bonds is 7. The molecule has 0 fully saturated rings. The van der Waals surface area contributed by atoms with Gasteiger partial charge in [-0.2, -0.15) is 0 Å². The summed E-state index contributed by atoms with van der Waals surface area (Å²) in [5, 5.41) is 3.33. The summed E-state index contributed by atoms with van der Waals surface area (Å²) in [5.74, 6) is -0.407. The summed E-state index contributed by atoms with van der Waals surface area (Å²) in [7, 11) is 3.14. The molecule has 0 saturated heterocycles. The molecular formula is C32H31NO6. The van der Waals surface area contributed by atoms with Gasteiger partial charge >= 0.3 is 11.9 Å². The maximum Gasteiger partial charge on any atom is 0.337 e. The van der Waals surface area contributed by atoms with Crippen LogP contribution in [0.2, 0.25) is 0 Å². The first-order valence-electron chi connectivity index (χ1n) is 12.9. The lowest BCUT2D eigenvalue weighted by atomic mass is 9.78. The van der Waals surface area contributed by atoms with Gasteiger partial charge in [-0.3, -0.25) is 0 Å². The summed E-state index contributed by atoms with van der Waals surface area (Å²) in [6.07, 6.45) is -0.107. The zero-order valence-corrected chi connectivity index (χ0v) is 22.4. The van der Waals surface area contributed by atoms with E-state index in [2.05, 4.69) is 5.32 Å². The van der Waals surface area contributed by atoms with Crippen LogP contribution in [0.25, 0.3) is 11.1 Å². The van der Waals surface area contributed by atoms with E-state index in [1.54, 1.807) is 27.2 Å². The largest absolute Gasteiger partial charge is 0.493 e. The van der Waals surface area contributed by atoms with Crippen molar-refractivity contribution in [2.24, 2.45) is 0 Å². The molecule has 39 heavy (non-hydrogen) atoms. The highest BCUT2D eigenvalue weighted by Crippen LogP contribution is 2.45. The van der Waals surface area contributed by atoms with Crippen molar-refractivity contribution in [2.75, 3.05) is 20.8 Å².